The van der Waals surface area contributed by atoms with E-state index in [4.69, 9.17) is 9.47 Å². The van der Waals surface area contributed by atoms with Crippen LogP contribution >= 0.6 is 0 Å². The third-order valence-electron chi connectivity index (χ3n) is 3.09. The molecule has 0 aliphatic carbocycles. The number of carbonyl (C=O) groups is 1. The number of alkyl carbamates (subject to hydrolysis) is 1. The van der Waals surface area contributed by atoms with E-state index in [2.05, 4.69) is 15.5 Å². The summed E-state index contributed by atoms with van der Waals surface area (Å²) in [6, 6.07) is 10.5. The molecule has 0 saturated heterocycles. The maximum atomic E-state index is 11.5. The van der Waals surface area contributed by atoms with Crippen molar-refractivity contribution in [2.75, 3.05) is 13.2 Å². The van der Waals surface area contributed by atoms with Crippen LogP contribution in [-0.2, 0) is 4.74 Å². The maximum absolute atomic E-state index is 11.5. The number of aromatic nitrogens is 2. The lowest BCUT2D eigenvalue weighted by molar-refractivity contribution is 0.0525. The van der Waals surface area contributed by atoms with Gasteiger partial charge in [-0.3, -0.25) is 4.79 Å². The molecule has 2 N–H and O–H groups in total. The van der Waals surface area contributed by atoms with Crippen LogP contribution in [0.3, 0.4) is 0 Å². The molecular weight excluding hydrogens is 322 g/mol. The standard InChI is InChI=1S/C18H23N3O4/c1-18(2,3)25-17(23)19-11-4-12-24-14-7-5-13(6-8-14)15-9-10-16(22)21-20-15/h5-10H,4,11-12H2,1-3H3,(H,19,23)(H,21,22). The van der Waals surface area contributed by atoms with Crippen molar-refractivity contribution >= 4 is 6.09 Å². The summed E-state index contributed by atoms with van der Waals surface area (Å²) in [5.74, 6) is 0.727. The number of amides is 1. The summed E-state index contributed by atoms with van der Waals surface area (Å²) < 4.78 is 10.8. The molecule has 1 aromatic carbocycles. The van der Waals surface area contributed by atoms with Gasteiger partial charge in [0.05, 0.1) is 12.3 Å². The number of nitrogens with zero attached hydrogens (tertiary/aromatic N) is 1. The quantitative estimate of drug-likeness (QED) is 0.785. The van der Waals surface area contributed by atoms with E-state index in [0.29, 0.717) is 25.3 Å². The van der Waals surface area contributed by atoms with Crippen molar-refractivity contribution in [1.82, 2.24) is 15.5 Å². The van der Waals surface area contributed by atoms with Gasteiger partial charge in [0.25, 0.3) is 5.56 Å². The van der Waals surface area contributed by atoms with Gasteiger partial charge in [0.2, 0.25) is 0 Å². The van der Waals surface area contributed by atoms with Gasteiger partial charge < -0.3 is 14.8 Å². The van der Waals surface area contributed by atoms with Gasteiger partial charge in [-0.25, -0.2) is 9.89 Å². The summed E-state index contributed by atoms with van der Waals surface area (Å²) in [5, 5.41) is 9.06. The molecule has 2 rings (SSSR count). The van der Waals surface area contributed by atoms with Crippen LogP contribution in [0, 0.1) is 0 Å². The van der Waals surface area contributed by atoms with Crippen LogP contribution in [0.25, 0.3) is 11.3 Å². The lowest BCUT2D eigenvalue weighted by Crippen LogP contribution is -2.33. The van der Waals surface area contributed by atoms with Gasteiger partial charge in [-0.15, -0.1) is 0 Å². The first-order valence-corrected chi connectivity index (χ1v) is 8.09. The molecule has 1 aromatic heterocycles. The second-order valence-corrected chi connectivity index (χ2v) is 6.46. The molecule has 0 radical (unpaired) electrons. The normalized spacial score (nSPS) is 11.0. The Hall–Kier alpha value is -2.83. The van der Waals surface area contributed by atoms with Crippen LogP contribution in [0.4, 0.5) is 4.79 Å². The molecule has 134 valence electrons. The second kappa shape index (κ2) is 8.32. The van der Waals surface area contributed by atoms with Crippen molar-refractivity contribution in [3.05, 3.63) is 46.8 Å². The highest BCUT2D eigenvalue weighted by Gasteiger charge is 2.15. The van der Waals surface area contributed by atoms with E-state index in [1.54, 1.807) is 6.07 Å². The first kappa shape index (κ1) is 18.5. The smallest absolute Gasteiger partial charge is 0.407 e. The van der Waals surface area contributed by atoms with E-state index >= 15 is 0 Å². The molecule has 1 heterocycles. The lowest BCUT2D eigenvalue weighted by Gasteiger charge is -2.19. The highest BCUT2D eigenvalue weighted by atomic mass is 16.6. The van der Waals surface area contributed by atoms with Crippen LogP contribution in [0.5, 0.6) is 5.75 Å². The number of aromatic amines is 1. The van der Waals surface area contributed by atoms with E-state index < -0.39 is 11.7 Å². The molecule has 7 nitrogen and oxygen atoms in total. The van der Waals surface area contributed by atoms with Crippen LogP contribution < -0.4 is 15.6 Å². The lowest BCUT2D eigenvalue weighted by atomic mass is 10.1. The molecule has 2 aromatic rings. The summed E-state index contributed by atoms with van der Waals surface area (Å²) in [7, 11) is 0. The average Bonchev–Trinajstić information content (AvgIpc) is 2.54. The molecule has 0 bridgehead atoms. The molecular formula is C18H23N3O4. The fraction of sp³-hybridized carbons (Fsp3) is 0.389. The van der Waals surface area contributed by atoms with Gasteiger partial charge >= 0.3 is 6.09 Å². The first-order chi connectivity index (χ1) is 11.8. The van der Waals surface area contributed by atoms with Crippen molar-refractivity contribution in [3.8, 4) is 17.0 Å². The van der Waals surface area contributed by atoms with E-state index in [-0.39, 0.29) is 5.56 Å². The zero-order valence-corrected chi connectivity index (χ0v) is 14.7. The molecule has 7 heteroatoms. The predicted octanol–water partition coefficient (Wildman–Crippen LogP) is 2.73. The third-order valence-corrected chi connectivity index (χ3v) is 3.09. The Balaban J connectivity index is 1.72. The molecule has 0 aliphatic heterocycles. The van der Waals surface area contributed by atoms with Crippen molar-refractivity contribution in [1.29, 1.82) is 0 Å². The number of ether oxygens (including phenoxy) is 2. The number of hydrogen-bond donors (Lipinski definition) is 2. The van der Waals surface area contributed by atoms with Crippen molar-refractivity contribution < 1.29 is 14.3 Å². The fourth-order valence-electron chi connectivity index (χ4n) is 1.99. The highest BCUT2D eigenvalue weighted by molar-refractivity contribution is 5.67. The molecule has 0 saturated carbocycles. The Labute approximate surface area is 146 Å². The van der Waals surface area contributed by atoms with Crippen LogP contribution in [0.15, 0.2) is 41.2 Å². The number of benzene rings is 1. The number of carbonyl (C=O) groups excluding carboxylic acids is 1. The maximum Gasteiger partial charge on any atom is 0.407 e. The minimum Gasteiger partial charge on any atom is -0.494 e. The second-order valence-electron chi connectivity index (χ2n) is 6.46. The van der Waals surface area contributed by atoms with Gasteiger partial charge in [-0.2, -0.15) is 5.10 Å². The zero-order chi connectivity index (χ0) is 18.3. The Morgan fingerprint density at radius 2 is 1.88 bits per heavy atom. The van der Waals surface area contributed by atoms with E-state index in [9.17, 15) is 9.59 Å². The third kappa shape index (κ3) is 6.66. The Morgan fingerprint density at radius 3 is 2.48 bits per heavy atom. The number of hydrogen-bond acceptors (Lipinski definition) is 5. The SMILES string of the molecule is CC(C)(C)OC(=O)NCCCOc1ccc(-c2ccc(=O)[nH]n2)cc1. The molecule has 0 spiro atoms. The summed E-state index contributed by atoms with van der Waals surface area (Å²) in [4.78, 5) is 22.5. The van der Waals surface area contributed by atoms with Gasteiger partial charge in [0.15, 0.2) is 0 Å². The van der Waals surface area contributed by atoms with Gasteiger partial charge in [-0.05, 0) is 57.5 Å². The molecule has 1 amide bonds. The molecule has 0 aliphatic rings. The number of nitrogens with one attached hydrogen (secondary N) is 2. The van der Waals surface area contributed by atoms with Crippen molar-refractivity contribution in [2.24, 2.45) is 0 Å². The number of H-pyrrole nitrogens is 1. The predicted molar refractivity (Wildman–Crippen MR) is 94.6 cm³/mol. The Kier molecular flexibility index (Phi) is 6.16. The monoisotopic (exact) mass is 345 g/mol. The first-order valence-electron chi connectivity index (χ1n) is 8.09. The van der Waals surface area contributed by atoms with Gasteiger partial charge in [0.1, 0.15) is 11.4 Å². The van der Waals surface area contributed by atoms with Gasteiger partial charge in [-0.1, -0.05) is 0 Å². The average molecular weight is 345 g/mol. The minimum atomic E-state index is -0.497. The molecule has 0 atom stereocenters. The molecule has 0 unspecified atom stereocenters. The topological polar surface area (TPSA) is 93.3 Å². The van der Waals surface area contributed by atoms with Crippen LogP contribution in [-0.4, -0.2) is 35.0 Å². The summed E-state index contributed by atoms with van der Waals surface area (Å²) in [6.45, 7) is 6.42. The summed E-state index contributed by atoms with van der Waals surface area (Å²) >= 11 is 0. The Morgan fingerprint density at radius 1 is 1.16 bits per heavy atom. The summed E-state index contributed by atoms with van der Waals surface area (Å²) in [5.41, 5.74) is 0.842. The summed E-state index contributed by atoms with van der Waals surface area (Å²) in [6.07, 6.45) is 0.243. The molecule has 0 fully saturated rings. The van der Waals surface area contributed by atoms with E-state index in [1.807, 2.05) is 45.0 Å². The number of rotatable bonds is 6. The Bertz CT molecular complexity index is 728. The van der Waals surface area contributed by atoms with Crippen molar-refractivity contribution in [2.45, 2.75) is 32.8 Å². The zero-order valence-electron chi connectivity index (χ0n) is 14.7. The van der Waals surface area contributed by atoms with Gasteiger partial charge in [0, 0.05) is 18.2 Å². The van der Waals surface area contributed by atoms with E-state index in [1.165, 1.54) is 6.07 Å². The molecule has 25 heavy (non-hydrogen) atoms. The van der Waals surface area contributed by atoms with E-state index in [0.717, 1.165) is 11.3 Å². The van der Waals surface area contributed by atoms with Crippen LogP contribution in [0.2, 0.25) is 0 Å². The highest BCUT2D eigenvalue weighted by Crippen LogP contribution is 2.19. The minimum absolute atomic E-state index is 0.233. The fourth-order valence-corrected chi connectivity index (χ4v) is 1.99. The van der Waals surface area contributed by atoms with Crippen LogP contribution in [0.1, 0.15) is 27.2 Å². The largest absolute Gasteiger partial charge is 0.494 e. The van der Waals surface area contributed by atoms with Crippen molar-refractivity contribution in [3.63, 3.8) is 0 Å².